The smallest absolute Gasteiger partial charge is 0.0207 e. The van der Waals surface area contributed by atoms with Crippen LogP contribution in [0, 0.1) is 11.3 Å². The lowest BCUT2D eigenvalue weighted by molar-refractivity contribution is 0.0871. The summed E-state index contributed by atoms with van der Waals surface area (Å²) in [6, 6.07) is 0. The average molecular weight is 153 g/mol. The van der Waals surface area contributed by atoms with Gasteiger partial charge in [0.1, 0.15) is 0 Å². The standard InChI is InChI=1S/C10H19N/c1-9(2)8-4-6-10(9,3)11-7-5-8/h8,11H,4-7H2,1-3H3. The zero-order valence-electron chi connectivity index (χ0n) is 7.91. The first kappa shape index (κ1) is 7.60. The zero-order valence-corrected chi connectivity index (χ0v) is 7.91. The molecule has 0 spiro atoms. The average Bonchev–Trinajstić information content (AvgIpc) is 2.17. The number of fused-ring (bicyclic) bond motifs is 2. The van der Waals surface area contributed by atoms with Gasteiger partial charge in [-0.15, -0.1) is 0 Å². The molecule has 1 saturated heterocycles. The van der Waals surface area contributed by atoms with Crippen LogP contribution in [0.4, 0.5) is 0 Å². The Morgan fingerprint density at radius 1 is 1.18 bits per heavy atom. The molecular formula is C10H19N. The highest BCUT2D eigenvalue weighted by molar-refractivity contribution is 5.08. The van der Waals surface area contributed by atoms with Crippen LogP contribution in [-0.2, 0) is 0 Å². The fourth-order valence-corrected chi connectivity index (χ4v) is 2.94. The Kier molecular flexibility index (Phi) is 1.39. The van der Waals surface area contributed by atoms with Crippen LogP contribution in [-0.4, -0.2) is 12.1 Å². The summed E-state index contributed by atoms with van der Waals surface area (Å²) < 4.78 is 0. The molecule has 1 heteroatoms. The summed E-state index contributed by atoms with van der Waals surface area (Å²) in [5.41, 5.74) is 0.973. The predicted molar refractivity (Wildman–Crippen MR) is 47.5 cm³/mol. The molecule has 2 fully saturated rings. The van der Waals surface area contributed by atoms with E-state index in [1.807, 2.05) is 0 Å². The van der Waals surface area contributed by atoms with Crippen LogP contribution in [0.1, 0.15) is 40.0 Å². The van der Waals surface area contributed by atoms with Crippen LogP contribution >= 0.6 is 0 Å². The molecule has 64 valence electrons. The lowest BCUT2D eigenvalue weighted by Crippen LogP contribution is -2.55. The third-order valence-electron chi connectivity index (χ3n) is 4.44. The van der Waals surface area contributed by atoms with Gasteiger partial charge >= 0.3 is 0 Å². The van der Waals surface area contributed by atoms with E-state index in [-0.39, 0.29) is 0 Å². The van der Waals surface area contributed by atoms with E-state index in [9.17, 15) is 0 Å². The van der Waals surface area contributed by atoms with E-state index in [4.69, 9.17) is 0 Å². The van der Waals surface area contributed by atoms with Crippen molar-refractivity contribution in [1.82, 2.24) is 5.32 Å². The molecule has 1 aliphatic heterocycles. The molecule has 11 heavy (non-hydrogen) atoms. The van der Waals surface area contributed by atoms with Gasteiger partial charge in [-0.1, -0.05) is 13.8 Å². The van der Waals surface area contributed by atoms with E-state index < -0.39 is 0 Å². The van der Waals surface area contributed by atoms with Crippen LogP contribution < -0.4 is 5.32 Å². The Balaban J connectivity index is 2.33. The highest BCUT2D eigenvalue weighted by Crippen LogP contribution is 2.53. The maximum atomic E-state index is 3.68. The van der Waals surface area contributed by atoms with Crippen molar-refractivity contribution in [3.05, 3.63) is 0 Å². The second-order valence-corrected chi connectivity index (χ2v) is 5.00. The molecule has 2 atom stereocenters. The maximum absolute atomic E-state index is 3.68. The zero-order chi connectivity index (χ0) is 8.11. The SMILES string of the molecule is CC12CCC(CCN1)C2(C)C. The van der Waals surface area contributed by atoms with Crippen molar-refractivity contribution in [2.75, 3.05) is 6.54 Å². The summed E-state index contributed by atoms with van der Waals surface area (Å²) in [5.74, 6) is 0.980. The second-order valence-electron chi connectivity index (χ2n) is 5.00. The molecule has 2 unspecified atom stereocenters. The Labute approximate surface area is 69.6 Å². The van der Waals surface area contributed by atoms with Crippen LogP contribution in [0.5, 0.6) is 0 Å². The number of rotatable bonds is 0. The number of hydrogen-bond donors (Lipinski definition) is 1. The molecule has 1 N–H and O–H groups in total. The molecule has 0 aromatic carbocycles. The van der Waals surface area contributed by atoms with Gasteiger partial charge in [-0.25, -0.2) is 0 Å². The van der Waals surface area contributed by atoms with Crippen molar-refractivity contribution in [3.8, 4) is 0 Å². The normalized spacial score (nSPS) is 47.7. The van der Waals surface area contributed by atoms with Crippen LogP contribution in [0.2, 0.25) is 0 Å². The Morgan fingerprint density at radius 2 is 1.91 bits per heavy atom. The molecule has 1 aliphatic carbocycles. The van der Waals surface area contributed by atoms with Gasteiger partial charge in [0.05, 0.1) is 0 Å². The summed E-state index contributed by atoms with van der Waals surface area (Å²) in [6.45, 7) is 8.49. The van der Waals surface area contributed by atoms with Gasteiger partial charge in [0.2, 0.25) is 0 Å². The summed E-state index contributed by atoms with van der Waals surface area (Å²) in [5, 5.41) is 3.68. The Bertz CT molecular complexity index is 167. The third-order valence-corrected chi connectivity index (χ3v) is 4.44. The molecule has 0 aromatic rings. The minimum Gasteiger partial charge on any atom is -0.311 e. The van der Waals surface area contributed by atoms with Gasteiger partial charge in [-0.2, -0.15) is 0 Å². The second kappa shape index (κ2) is 2.01. The minimum atomic E-state index is 0.440. The summed E-state index contributed by atoms with van der Waals surface area (Å²) in [4.78, 5) is 0. The van der Waals surface area contributed by atoms with Gasteiger partial charge in [-0.05, 0) is 44.1 Å². The van der Waals surface area contributed by atoms with Gasteiger partial charge in [-0.3, -0.25) is 0 Å². The number of nitrogens with one attached hydrogen (secondary N) is 1. The van der Waals surface area contributed by atoms with Crippen molar-refractivity contribution < 1.29 is 0 Å². The Morgan fingerprint density at radius 3 is 2.45 bits per heavy atom. The molecule has 1 heterocycles. The van der Waals surface area contributed by atoms with Gasteiger partial charge < -0.3 is 5.32 Å². The summed E-state index contributed by atoms with van der Waals surface area (Å²) in [6.07, 6.45) is 4.21. The van der Waals surface area contributed by atoms with Crippen molar-refractivity contribution >= 4 is 0 Å². The van der Waals surface area contributed by atoms with E-state index in [1.54, 1.807) is 0 Å². The van der Waals surface area contributed by atoms with Crippen LogP contribution in [0.25, 0.3) is 0 Å². The van der Waals surface area contributed by atoms with Crippen LogP contribution in [0.15, 0.2) is 0 Å². The van der Waals surface area contributed by atoms with E-state index >= 15 is 0 Å². The summed E-state index contributed by atoms with van der Waals surface area (Å²) >= 11 is 0. The number of piperidine rings is 1. The van der Waals surface area contributed by atoms with Crippen LogP contribution in [0.3, 0.4) is 0 Å². The lowest BCUT2D eigenvalue weighted by atomic mass is 9.68. The van der Waals surface area contributed by atoms with Crippen molar-refractivity contribution in [3.63, 3.8) is 0 Å². The molecule has 2 rings (SSSR count). The highest BCUT2D eigenvalue weighted by Gasteiger charge is 2.52. The minimum absolute atomic E-state index is 0.440. The topological polar surface area (TPSA) is 12.0 Å². The van der Waals surface area contributed by atoms with E-state index in [0.29, 0.717) is 11.0 Å². The molecule has 0 radical (unpaired) electrons. The largest absolute Gasteiger partial charge is 0.311 e. The van der Waals surface area contributed by atoms with E-state index in [0.717, 1.165) is 5.92 Å². The fraction of sp³-hybridized carbons (Fsp3) is 1.00. The lowest BCUT2D eigenvalue weighted by Gasteiger charge is -2.46. The van der Waals surface area contributed by atoms with Crippen molar-refractivity contribution in [2.24, 2.45) is 11.3 Å². The predicted octanol–water partition coefficient (Wildman–Crippen LogP) is 2.17. The quantitative estimate of drug-likeness (QED) is 0.562. The van der Waals surface area contributed by atoms with Crippen molar-refractivity contribution in [1.29, 1.82) is 0 Å². The third kappa shape index (κ3) is 0.807. The molecule has 1 nitrogen and oxygen atoms in total. The first-order chi connectivity index (χ1) is 5.06. The number of hydrogen-bond acceptors (Lipinski definition) is 1. The summed E-state index contributed by atoms with van der Waals surface area (Å²) in [7, 11) is 0. The molecule has 1 saturated carbocycles. The van der Waals surface area contributed by atoms with Crippen molar-refractivity contribution in [2.45, 2.75) is 45.6 Å². The van der Waals surface area contributed by atoms with E-state index in [1.165, 1.54) is 25.8 Å². The van der Waals surface area contributed by atoms with Gasteiger partial charge in [0.25, 0.3) is 0 Å². The Hall–Kier alpha value is -0.0400. The molecule has 0 aromatic heterocycles. The molecular weight excluding hydrogens is 134 g/mol. The molecule has 0 amide bonds. The van der Waals surface area contributed by atoms with Gasteiger partial charge in [0, 0.05) is 5.54 Å². The maximum Gasteiger partial charge on any atom is 0.0207 e. The molecule has 2 bridgehead atoms. The first-order valence-corrected chi connectivity index (χ1v) is 4.81. The first-order valence-electron chi connectivity index (χ1n) is 4.81. The fourth-order valence-electron chi connectivity index (χ4n) is 2.94. The monoisotopic (exact) mass is 153 g/mol. The molecule has 2 aliphatic rings. The van der Waals surface area contributed by atoms with Gasteiger partial charge in [0.15, 0.2) is 0 Å². The highest BCUT2D eigenvalue weighted by atomic mass is 15.0. The van der Waals surface area contributed by atoms with E-state index in [2.05, 4.69) is 26.1 Å².